The van der Waals surface area contributed by atoms with Gasteiger partial charge in [0.05, 0.1) is 6.10 Å². The summed E-state index contributed by atoms with van der Waals surface area (Å²) in [4.78, 5) is 0. The molecule has 5 nitrogen and oxygen atoms in total. The average Bonchev–Trinajstić information content (AvgIpc) is 2.36. The van der Waals surface area contributed by atoms with Crippen LogP contribution in [0.4, 0.5) is 0 Å². The first-order chi connectivity index (χ1) is 9.10. The van der Waals surface area contributed by atoms with E-state index in [1.165, 1.54) is 6.42 Å². The number of rotatable bonds is 8. The smallest absolute Gasteiger partial charge is 0.381 e. The first kappa shape index (κ1) is 19.0. The van der Waals surface area contributed by atoms with Gasteiger partial charge in [0.1, 0.15) is 5.73 Å². The molecule has 1 atom stereocenters. The van der Waals surface area contributed by atoms with Crippen LogP contribution in [-0.2, 0) is 22.8 Å². The third kappa shape index (κ3) is 6.33. The molecule has 0 spiro atoms. The van der Waals surface area contributed by atoms with Crippen molar-refractivity contribution in [1.29, 1.82) is 0 Å². The Hall–Kier alpha value is 0.0169. The molecule has 19 heavy (non-hydrogen) atoms. The van der Waals surface area contributed by atoms with E-state index in [1.807, 2.05) is 6.92 Å². The van der Waals surface area contributed by atoms with Gasteiger partial charge in [-0.2, -0.15) is 0 Å². The van der Waals surface area contributed by atoms with Gasteiger partial charge in [-0.15, -0.1) is 0 Å². The minimum atomic E-state index is -2.64. The summed E-state index contributed by atoms with van der Waals surface area (Å²) < 4.78 is 26.7. The molecule has 0 radical (unpaired) electrons. The van der Waals surface area contributed by atoms with E-state index in [1.54, 1.807) is 21.3 Å². The van der Waals surface area contributed by atoms with Crippen LogP contribution >= 0.6 is 0 Å². The van der Waals surface area contributed by atoms with Crippen molar-refractivity contribution in [2.24, 2.45) is 0 Å². The second-order valence-electron chi connectivity index (χ2n) is 4.40. The largest absolute Gasteiger partial charge is 0.530 e. The lowest BCUT2D eigenvalue weighted by atomic mass is 10.2. The normalized spacial score (nSPS) is 16.6. The topological polar surface area (TPSA) is 46.2 Å². The lowest BCUT2D eigenvalue weighted by Gasteiger charge is -2.32. The molecule has 0 aromatic rings. The van der Waals surface area contributed by atoms with E-state index in [2.05, 4.69) is 13.8 Å². The minimum Gasteiger partial charge on any atom is -0.381 e. The summed E-state index contributed by atoms with van der Waals surface area (Å²) >= 11 is 0. The van der Waals surface area contributed by atoms with Crippen LogP contribution < -0.4 is 0 Å². The fourth-order valence-corrected chi connectivity index (χ4v) is 3.60. The minimum absolute atomic E-state index is 0.137. The van der Waals surface area contributed by atoms with Gasteiger partial charge < -0.3 is 22.8 Å². The molecule has 0 bridgehead atoms. The SMILES string of the molecule is C1COC1.CCC(CC)OC(C)[Si](OC)(OC)OC. The maximum atomic E-state index is 5.87. The molecular weight excluding hydrogens is 264 g/mol. The monoisotopic (exact) mass is 294 g/mol. The summed E-state index contributed by atoms with van der Waals surface area (Å²) in [6, 6.07) is 0. The summed E-state index contributed by atoms with van der Waals surface area (Å²) in [6.07, 6.45) is 3.50. The quantitative estimate of drug-likeness (QED) is 0.643. The Morgan fingerprint density at radius 1 is 1.00 bits per heavy atom. The first-order valence-corrected chi connectivity index (χ1v) is 8.78. The van der Waals surface area contributed by atoms with Crippen molar-refractivity contribution >= 4 is 8.80 Å². The first-order valence-electron chi connectivity index (χ1n) is 6.98. The van der Waals surface area contributed by atoms with Crippen molar-refractivity contribution in [3.8, 4) is 0 Å². The highest BCUT2D eigenvalue weighted by atomic mass is 28.4. The third-order valence-electron chi connectivity index (χ3n) is 3.24. The van der Waals surface area contributed by atoms with E-state index in [0.29, 0.717) is 0 Å². The van der Waals surface area contributed by atoms with Gasteiger partial charge in [-0.05, 0) is 26.2 Å². The zero-order valence-corrected chi connectivity index (χ0v) is 14.2. The second kappa shape index (κ2) is 10.8. The van der Waals surface area contributed by atoms with Crippen molar-refractivity contribution in [2.75, 3.05) is 34.5 Å². The molecule has 1 saturated heterocycles. The van der Waals surface area contributed by atoms with Crippen molar-refractivity contribution in [1.82, 2.24) is 0 Å². The molecule has 0 saturated carbocycles. The Bertz CT molecular complexity index is 191. The highest BCUT2D eigenvalue weighted by Gasteiger charge is 2.46. The van der Waals surface area contributed by atoms with Crippen molar-refractivity contribution in [3.05, 3.63) is 0 Å². The van der Waals surface area contributed by atoms with E-state index in [9.17, 15) is 0 Å². The molecular formula is C13H30O5Si. The van der Waals surface area contributed by atoms with Crippen LogP contribution in [0.5, 0.6) is 0 Å². The molecule has 0 amide bonds. The van der Waals surface area contributed by atoms with E-state index < -0.39 is 8.80 Å². The molecule has 116 valence electrons. The van der Waals surface area contributed by atoms with Crippen LogP contribution in [0, 0.1) is 0 Å². The molecule has 0 aliphatic carbocycles. The average molecular weight is 294 g/mol. The fourth-order valence-electron chi connectivity index (χ4n) is 1.75. The zero-order valence-electron chi connectivity index (χ0n) is 13.2. The maximum Gasteiger partial charge on any atom is 0.530 e. The summed E-state index contributed by atoms with van der Waals surface area (Å²) in [5, 5.41) is 0. The van der Waals surface area contributed by atoms with Crippen LogP contribution in [0.2, 0.25) is 0 Å². The molecule has 0 aromatic heterocycles. The summed E-state index contributed by atoms with van der Waals surface area (Å²) in [7, 11) is 2.17. The lowest BCUT2D eigenvalue weighted by Crippen LogP contribution is -2.55. The molecule has 0 N–H and O–H groups in total. The number of hydrogen-bond acceptors (Lipinski definition) is 5. The third-order valence-corrected chi connectivity index (χ3v) is 6.08. The van der Waals surface area contributed by atoms with Gasteiger partial charge in [0.15, 0.2) is 0 Å². The van der Waals surface area contributed by atoms with Gasteiger partial charge in [-0.3, -0.25) is 0 Å². The van der Waals surface area contributed by atoms with Crippen LogP contribution in [-0.4, -0.2) is 55.2 Å². The van der Waals surface area contributed by atoms with Crippen LogP contribution in [0.3, 0.4) is 0 Å². The van der Waals surface area contributed by atoms with Gasteiger partial charge in [0.2, 0.25) is 0 Å². The molecule has 6 heteroatoms. The Morgan fingerprint density at radius 2 is 1.37 bits per heavy atom. The zero-order chi connectivity index (χ0) is 14.7. The van der Waals surface area contributed by atoms with Gasteiger partial charge in [-0.1, -0.05) is 13.8 Å². The van der Waals surface area contributed by atoms with E-state index in [-0.39, 0.29) is 11.8 Å². The van der Waals surface area contributed by atoms with Crippen LogP contribution in [0.1, 0.15) is 40.0 Å². The molecule has 1 heterocycles. The van der Waals surface area contributed by atoms with Crippen molar-refractivity contribution in [2.45, 2.75) is 51.9 Å². The summed E-state index contributed by atoms with van der Waals surface area (Å²) in [5.74, 6) is 0. The van der Waals surface area contributed by atoms with Crippen LogP contribution in [0.15, 0.2) is 0 Å². The Morgan fingerprint density at radius 3 is 1.58 bits per heavy atom. The van der Waals surface area contributed by atoms with E-state index >= 15 is 0 Å². The van der Waals surface area contributed by atoms with E-state index in [0.717, 1.165) is 26.1 Å². The lowest BCUT2D eigenvalue weighted by molar-refractivity contribution is -0.0226. The van der Waals surface area contributed by atoms with Gasteiger partial charge in [0, 0.05) is 34.5 Å². The van der Waals surface area contributed by atoms with Gasteiger partial charge in [-0.25, -0.2) is 0 Å². The van der Waals surface area contributed by atoms with Crippen molar-refractivity contribution < 1.29 is 22.8 Å². The predicted octanol–water partition coefficient (Wildman–Crippen LogP) is 2.40. The molecule has 1 unspecified atom stereocenters. The molecule has 0 aromatic carbocycles. The predicted molar refractivity (Wildman–Crippen MR) is 77.1 cm³/mol. The standard InChI is InChI=1S/C10H24O4Si.C3H6O/c1-7-10(8-2)14-9(3)15(11-4,12-5)13-6;1-2-4-3-1/h9-10H,7-8H2,1-6H3;1-3H2. The van der Waals surface area contributed by atoms with E-state index in [4.69, 9.17) is 22.8 Å². The fraction of sp³-hybridized carbons (Fsp3) is 1.00. The Kier molecular flexibility index (Phi) is 10.8. The Labute approximate surface area is 118 Å². The summed E-state index contributed by atoms with van der Waals surface area (Å²) in [5.41, 5.74) is -0.137. The summed E-state index contributed by atoms with van der Waals surface area (Å²) in [6.45, 7) is 8.16. The molecule has 1 fully saturated rings. The van der Waals surface area contributed by atoms with Crippen LogP contribution in [0.25, 0.3) is 0 Å². The van der Waals surface area contributed by atoms with Crippen molar-refractivity contribution in [3.63, 3.8) is 0 Å². The highest BCUT2D eigenvalue weighted by molar-refractivity contribution is 6.61. The van der Waals surface area contributed by atoms with Gasteiger partial charge >= 0.3 is 8.80 Å². The molecule has 1 aliphatic rings. The molecule has 1 rings (SSSR count). The second-order valence-corrected chi connectivity index (χ2v) is 7.64. The number of hydrogen-bond donors (Lipinski definition) is 0. The van der Waals surface area contributed by atoms with Gasteiger partial charge in [0.25, 0.3) is 0 Å². The molecule has 1 aliphatic heterocycles. The number of ether oxygens (including phenoxy) is 2. The Balaban J connectivity index is 0.000000678. The highest BCUT2D eigenvalue weighted by Crippen LogP contribution is 2.18. The maximum absolute atomic E-state index is 5.87.